The lowest BCUT2D eigenvalue weighted by atomic mass is 10.0. The minimum absolute atomic E-state index is 0.0394. The average molecular weight is 197 g/mol. The number of likely N-dealkylation sites (tertiary alicyclic amines) is 1. The molecule has 0 spiro atoms. The molecule has 1 unspecified atom stereocenters. The highest BCUT2D eigenvalue weighted by Crippen LogP contribution is 2.20. The van der Waals surface area contributed by atoms with Crippen molar-refractivity contribution in [1.82, 2.24) is 10.2 Å². The number of nitrogens with zero attached hydrogens (tertiary/aromatic N) is 1. The Hall–Kier alpha value is -1.10. The molecular formula is C9H15N3O2. The summed E-state index contributed by atoms with van der Waals surface area (Å²) in [5.41, 5.74) is 5.17. The first-order valence-electron chi connectivity index (χ1n) is 5.03. The average Bonchev–Trinajstić information content (AvgIpc) is 2.51. The first-order chi connectivity index (χ1) is 6.70. The Kier molecular flexibility index (Phi) is 2.41. The van der Waals surface area contributed by atoms with Crippen molar-refractivity contribution in [2.75, 3.05) is 13.1 Å². The molecule has 2 aliphatic rings. The number of carbonyl (C=O) groups is 2. The fourth-order valence-corrected chi connectivity index (χ4v) is 2.04. The monoisotopic (exact) mass is 197 g/mol. The third kappa shape index (κ3) is 1.48. The van der Waals surface area contributed by atoms with E-state index in [9.17, 15) is 9.59 Å². The summed E-state index contributed by atoms with van der Waals surface area (Å²) in [5, 5.41) is 3.12. The minimum Gasteiger partial charge on any atom is -0.368 e. The van der Waals surface area contributed by atoms with Crippen LogP contribution in [0.15, 0.2) is 0 Å². The maximum atomic E-state index is 11.8. The van der Waals surface area contributed by atoms with Crippen molar-refractivity contribution in [3.63, 3.8) is 0 Å². The van der Waals surface area contributed by atoms with Gasteiger partial charge in [0.2, 0.25) is 11.8 Å². The van der Waals surface area contributed by atoms with Crippen LogP contribution in [0, 0.1) is 0 Å². The zero-order valence-electron chi connectivity index (χ0n) is 8.03. The van der Waals surface area contributed by atoms with Gasteiger partial charge in [-0.25, -0.2) is 0 Å². The number of rotatable bonds is 2. The van der Waals surface area contributed by atoms with Gasteiger partial charge in [-0.3, -0.25) is 9.59 Å². The van der Waals surface area contributed by atoms with Crippen molar-refractivity contribution in [3.05, 3.63) is 0 Å². The van der Waals surface area contributed by atoms with Gasteiger partial charge in [-0.2, -0.15) is 0 Å². The van der Waals surface area contributed by atoms with E-state index in [1.807, 2.05) is 0 Å². The molecule has 0 aromatic heterocycles. The van der Waals surface area contributed by atoms with E-state index < -0.39 is 0 Å². The maximum Gasteiger partial charge on any atom is 0.240 e. The number of primary amides is 1. The zero-order valence-corrected chi connectivity index (χ0v) is 8.03. The van der Waals surface area contributed by atoms with Crippen molar-refractivity contribution in [3.8, 4) is 0 Å². The first-order valence-corrected chi connectivity index (χ1v) is 5.03. The molecule has 2 atom stereocenters. The number of carbonyl (C=O) groups excluding carboxylic acids is 2. The van der Waals surface area contributed by atoms with Crippen LogP contribution in [0.1, 0.15) is 19.3 Å². The van der Waals surface area contributed by atoms with Crippen LogP contribution >= 0.6 is 0 Å². The van der Waals surface area contributed by atoms with Gasteiger partial charge in [0.1, 0.15) is 6.04 Å². The highest BCUT2D eigenvalue weighted by atomic mass is 16.2. The second-order valence-corrected chi connectivity index (χ2v) is 3.89. The predicted octanol–water partition coefficient (Wildman–Crippen LogP) is -1.18. The Morgan fingerprint density at radius 3 is 2.57 bits per heavy atom. The van der Waals surface area contributed by atoms with Crippen molar-refractivity contribution < 1.29 is 9.59 Å². The molecule has 3 N–H and O–H groups in total. The lowest BCUT2D eigenvalue weighted by molar-refractivity contribution is -0.147. The van der Waals surface area contributed by atoms with Crippen molar-refractivity contribution >= 4 is 11.8 Å². The Labute approximate surface area is 82.6 Å². The molecule has 2 saturated heterocycles. The van der Waals surface area contributed by atoms with Crippen LogP contribution in [0.5, 0.6) is 0 Å². The standard InChI is InChI=1S/C9H15N3O2/c10-8(13)7-3-5-12(7)9(14)6-2-1-4-11-6/h6-7,11H,1-5H2,(H2,10,13)/t6-,7?/m0/s1. The molecule has 2 aliphatic heterocycles. The van der Waals surface area contributed by atoms with E-state index in [-0.39, 0.29) is 23.9 Å². The highest BCUT2D eigenvalue weighted by molar-refractivity contribution is 5.90. The molecule has 2 amide bonds. The fraction of sp³-hybridized carbons (Fsp3) is 0.778. The summed E-state index contributed by atoms with van der Waals surface area (Å²) in [6.45, 7) is 1.57. The maximum absolute atomic E-state index is 11.8. The van der Waals surface area contributed by atoms with Gasteiger partial charge >= 0.3 is 0 Å². The van der Waals surface area contributed by atoms with Gasteiger partial charge in [-0.05, 0) is 25.8 Å². The van der Waals surface area contributed by atoms with Gasteiger partial charge in [-0.1, -0.05) is 0 Å². The molecule has 0 radical (unpaired) electrons. The Morgan fingerprint density at radius 2 is 2.14 bits per heavy atom. The second-order valence-electron chi connectivity index (χ2n) is 3.89. The van der Waals surface area contributed by atoms with Crippen LogP contribution in [-0.4, -0.2) is 41.9 Å². The topological polar surface area (TPSA) is 75.4 Å². The molecule has 5 nitrogen and oxygen atoms in total. The number of hydrogen-bond acceptors (Lipinski definition) is 3. The molecule has 2 fully saturated rings. The van der Waals surface area contributed by atoms with Crippen LogP contribution in [0.3, 0.4) is 0 Å². The molecule has 0 saturated carbocycles. The quantitative estimate of drug-likeness (QED) is 0.585. The summed E-state index contributed by atoms with van der Waals surface area (Å²) in [5.74, 6) is -0.347. The van der Waals surface area contributed by atoms with Gasteiger partial charge in [0.15, 0.2) is 0 Å². The number of amides is 2. The third-order valence-corrected chi connectivity index (χ3v) is 2.99. The number of hydrogen-bond donors (Lipinski definition) is 2. The molecule has 0 aliphatic carbocycles. The summed E-state index contributed by atoms with van der Waals surface area (Å²) in [7, 11) is 0. The Morgan fingerprint density at radius 1 is 1.36 bits per heavy atom. The summed E-state index contributed by atoms with van der Waals surface area (Å²) >= 11 is 0. The van der Waals surface area contributed by atoms with E-state index in [1.54, 1.807) is 4.90 Å². The minimum atomic E-state index is -0.386. The number of nitrogens with two attached hydrogens (primary N) is 1. The van der Waals surface area contributed by atoms with Crippen LogP contribution in [0.4, 0.5) is 0 Å². The number of nitrogens with one attached hydrogen (secondary N) is 1. The van der Waals surface area contributed by atoms with Gasteiger partial charge in [0.05, 0.1) is 6.04 Å². The van der Waals surface area contributed by atoms with Crippen LogP contribution in [0.2, 0.25) is 0 Å². The summed E-state index contributed by atoms with van der Waals surface area (Å²) in [6.07, 6.45) is 2.63. The van der Waals surface area contributed by atoms with E-state index in [0.29, 0.717) is 13.0 Å². The van der Waals surface area contributed by atoms with E-state index in [2.05, 4.69) is 5.32 Å². The van der Waals surface area contributed by atoms with Crippen molar-refractivity contribution in [1.29, 1.82) is 0 Å². The first kappa shape index (κ1) is 9.45. The molecule has 14 heavy (non-hydrogen) atoms. The lowest BCUT2D eigenvalue weighted by Crippen LogP contribution is -2.60. The van der Waals surface area contributed by atoms with Crippen LogP contribution in [0.25, 0.3) is 0 Å². The van der Waals surface area contributed by atoms with Crippen LogP contribution in [-0.2, 0) is 9.59 Å². The zero-order chi connectivity index (χ0) is 10.1. The predicted molar refractivity (Wildman–Crippen MR) is 50.3 cm³/mol. The van der Waals surface area contributed by atoms with E-state index in [4.69, 9.17) is 5.73 Å². The summed E-state index contributed by atoms with van der Waals surface area (Å²) in [6, 6.07) is -0.443. The Bertz CT molecular complexity index is 261. The largest absolute Gasteiger partial charge is 0.368 e. The van der Waals surface area contributed by atoms with Crippen LogP contribution < -0.4 is 11.1 Å². The molecule has 0 aromatic carbocycles. The second kappa shape index (κ2) is 3.57. The molecule has 78 valence electrons. The van der Waals surface area contributed by atoms with E-state index in [1.165, 1.54) is 0 Å². The summed E-state index contributed by atoms with van der Waals surface area (Å²) < 4.78 is 0. The van der Waals surface area contributed by atoms with Crippen molar-refractivity contribution in [2.24, 2.45) is 5.73 Å². The van der Waals surface area contributed by atoms with E-state index >= 15 is 0 Å². The third-order valence-electron chi connectivity index (χ3n) is 2.99. The van der Waals surface area contributed by atoms with Gasteiger partial charge in [0.25, 0.3) is 0 Å². The SMILES string of the molecule is NC(=O)C1CCN1C(=O)[C@@H]1CCCN1. The van der Waals surface area contributed by atoms with E-state index in [0.717, 1.165) is 19.4 Å². The normalized spacial score (nSPS) is 31.3. The fourth-order valence-electron chi connectivity index (χ4n) is 2.04. The molecular weight excluding hydrogens is 182 g/mol. The summed E-state index contributed by atoms with van der Waals surface area (Å²) in [4.78, 5) is 24.3. The molecule has 2 rings (SSSR count). The van der Waals surface area contributed by atoms with Gasteiger partial charge in [0, 0.05) is 6.54 Å². The van der Waals surface area contributed by atoms with Gasteiger partial charge in [-0.15, -0.1) is 0 Å². The van der Waals surface area contributed by atoms with Gasteiger partial charge < -0.3 is 16.0 Å². The highest BCUT2D eigenvalue weighted by Gasteiger charge is 2.39. The smallest absolute Gasteiger partial charge is 0.240 e. The lowest BCUT2D eigenvalue weighted by Gasteiger charge is -2.40. The molecule has 0 bridgehead atoms. The molecule has 5 heteroatoms. The van der Waals surface area contributed by atoms with Crippen molar-refractivity contribution in [2.45, 2.75) is 31.3 Å². The Balaban J connectivity index is 1.94. The molecule has 2 heterocycles. The molecule has 0 aromatic rings.